The Balaban J connectivity index is 1.91. The molecule has 2 fully saturated rings. The molecule has 1 aliphatic carbocycles. The fourth-order valence-electron chi connectivity index (χ4n) is 4.56. The van der Waals surface area contributed by atoms with Crippen LogP contribution in [0.1, 0.15) is 63.2 Å². The maximum absolute atomic E-state index is 13.6. The van der Waals surface area contributed by atoms with Crippen LogP contribution in [0.25, 0.3) is 0 Å². The number of ether oxygens (including phenoxy) is 3. The molecule has 3 atom stereocenters. The first-order valence-corrected chi connectivity index (χ1v) is 10.7. The summed E-state index contributed by atoms with van der Waals surface area (Å²) >= 11 is 0. The molecule has 0 aromatic heterocycles. The summed E-state index contributed by atoms with van der Waals surface area (Å²) in [5.74, 6) is 0.669. The maximum atomic E-state index is 13.6. The van der Waals surface area contributed by atoms with Gasteiger partial charge in [0, 0.05) is 11.6 Å². The number of hydrogen-bond donors (Lipinski definition) is 1. The van der Waals surface area contributed by atoms with Crippen molar-refractivity contribution in [2.24, 2.45) is 5.92 Å². The Kier molecular flexibility index (Phi) is 6.91. The number of carbonyl (C=O) groups excluding carboxylic acids is 2. The standard InChI is InChI=1S/C23H33NO6/c1-23(2,3)30-22(27)18-13-15-7-5-6-8-17(15)24(18)21(26)16-9-10-19(28-4)20(14-16)29-12-11-25/h9-10,14-15,17-18,25H,5-8,11-13H2,1-4H3/t15-,17-,18-/m0/s1. The van der Waals surface area contributed by atoms with E-state index in [1.807, 2.05) is 20.8 Å². The smallest absolute Gasteiger partial charge is 0.329 e. The Bertz CT molecular complexity index is 771. The molecular formula is C23H33NO6. The molecule has 0 radical (unpaired) electrons. The Morgan fingerprint density at radius 1 is 1.17 bits per heavy atom. The van der Waals surface area contributed by atoms with Gasteiger partial charge in [0.25, 0.3) is 5.91 Å². The molecule has 3 rings (SSSR count). The molecule has 0 bridgehead atoms. The predicted octanol–water partition coefficient (Wildman–Crippen LogP) is 3.18. The van der Waals surface area contributed by atoms with Crippen LogP contribution in [0, 0.1) is 5.92 Å². The molecule has 166 valence electrons. The second-order valence-corrected chi connectivity index (χ2v) is 9.05. The van der Waals surface area contributed by atoms with Crippen molar-refractivity contribution in [1.82, 2.24) is 4.90 Å². The summed E-state index contributed by atoms with van der Waals surface area (Å²) in [4.78, 5) is 28.3. The van der Waals surface area contributed by atoms with Crippen LogP contribution in [0.5, 0.6) is 11.5 Å². The molecule has 1 amide bonds. The Morgan fingerprint density at radius 3 is 2.57 bits per heavy atom. The average Bonchev–Trinajstić information content (AvgIpc) is 3.10. The lowest BCUT2D eigenvalue weighted by Gasteiger charge is -2.34. The van der Waals surface area contributed by atoms with Crippen LogP contribution in [0.2, 0.25) is 0 Å². The maximum Gasteiger partial charge on any atom is 0.329 e. The third-order valence-corrected chi connectivity index (χ3v) is 5.76. The average molecular weight is 420 g/mol. The summed E-state index contributed by atoms with van der Waals surface area (Å²) in [7, 11) is 1.52. The second-order valence-electron chi connectivity index (χ2n) is 9.05. The number of esters is 1. The summed E-state index contributed by atoms with van der Waals surface area (Å²) in [6, 6.07) is 4.46. The molecule has 7 heteroatoms. The molecule has 0 unspecified atom stereocenters. The first-order chi connectivity index (χ1) is 14.2. The number of aliphatic hydroxyl groups is 1. The van der Waals surface area contributed by atoms with Crippen molar-refractivity contribution in [3.05, 3.63) is 23.8 Å². The van der Waals surface area contributed by atoms with Crippen LogP contribution in [0.4, 0.5) is 0 Å². The van der Waals surface area contributed by atoms with Gasteiger partial charge >= 0.3 is 5.97 Å². The highest BCUT2D eigenvalue weighted by molar-refractivity contribution is 5.98. The number of carbonyl (C=O) groups is 2. The van der Waals surface area contributed by atoms with Gasteiger partial charge in [-0.15, -0.1) is 0 Å². The minimum atomic E-state index is -0.606. The summed E-state index contributed by atoms with van der Waals surface area (Å²) < 4.78 is 16.5. The number of benzene rings is 1. The second kappa shape index (κ2) is 9.25. The number of likely N-dealkylation sites (tertiary alicyclic amines) is 1. The van der Waals surface area contributed by atoms with Gasteiger partial charge in [-0.3, -0.25) is 4.79 Å². The number of nitrogens with zero attached hydrogens (tertiary/aromatic N) is 1. The van der Waals surface area contributed by atoms with E-state index < -0.39 is 11.6 Å². The summed E-state index contributed by atoms with van der Waals surface area (Å²) in [6.45, 7) is 5.48. The zero-order valence-corrected chi connectivity index (χ0v) is 18.3. The number of hydrogen-bond acceptors (Lipinski definition) is 6. The highest BCUT2D eigenvalue weighted by Crippen LogP contribution is 2.41. The van der Waals surface area contributed by atoms with Crippen molar-refractivity contribution in [3.63, 3.8) is 0 Å². The third kappa shape index (κ3) is 4.89. The molecule has 30 heavy (non-hydrogen) atoms. The molecule has 1 heterocycles. The minimum absolute atomic E-state index is 0.0488. The molecule has 1 aliphatic heterocycles. The van der Waals surface area contributed by atoms with Crippen molar-refractivity contribution in [2.45, 2.75) is 70.6 Å². The van der Waals surface area contributed by atoms with Crippen LogP contribution in [0.3, 0.4) is 0 Å². The Labute approximate surface area is 178 Å². The van der Waals surface area contributed by atoms with E-state index in [9.17, 15) is 9.59 Å². The van der Waals surface area contributed by atoms with Gasteiger partial charge < -0.3 is 24.2 Å². The summed E-state index contributed by atoms with van der Waals surface area (Å²) in [5.41, 5.74) is -0.172. The molecule has 1 saturated carbocycles. The first-order valence-electron chi connectivity index (χ1n) is 10.7. The molecule has 1 aromatic carbocycles. The SMILES string of the molecule is COc1ccc(C(=O)N2[C@H](C(=O)OC(C)(C)C)C[C@@H]3CCCC[C@@H]32)cc1OCCO. The highest BCUT2D eigenvalue weighted by Gasteiger charge is 2.48. The largest absolute Gasteiger partial charge is 0.493 e. The van der Waals surface area contributed by atoms with E-state index in [2.05, 4.69) is 0 Å². The quantitative estimate of drug-likeness (QED) is 0.713. The van der Waals surface area contributed by atoms with Crippen LogP contribution in [0.15, 0.2) is 18.2 Å². The third-order valence-electron chi connectivity index (χ3n) is 5.76. The predicted molar refractivity (Wildman–Crippen MR) is 112 cm³/mol. The van der Waals surface area contributed by atoms with Gasteiger partial charge in [0.15, 0.2) is 11.5 Å². The van der Waals surface area contributed by atoms with Crippen molar-refractivity contribution in [2.75, 3.05) is 20.3 Å². The van der Waals surface area contributed by atoms with Gasteiger partial charge in [-0.05, 0) is 64.2 Å². The van der Waals surface area contributed by atoms with E-state index in [0.29, 0.717) is 29.4 Å². The number of aliphatic hydroxyl groups excluding tert-OH is 1. The van der Waals surface area contributed by atoms with Gasteiger partial charge in [0.05, 0.1) is 13.7 Å². The van der Waals surface area contributed by atoms with Crippen molar-refractivity contribution in [1.29, 1.82) is 0 Å². The van der Waals surface area contributed by atoms with Crippen LogP contribution >= 0.6 is 0 Å². The summed E-state index contributed by atoms with van der Waals surface area (Å²) in [5, 5.41) is 9.07. The molecular weight excluding hydrogens is 386 g/mol. The fourth-order valence-corrected chi connectivity index (χ4v) is 4.56. The number of methoxy groups -OCH3 is 1. The molecule has 2 aliphatic rings. The molecule has 7 nitrogen and oxygen atoms in total. The molecule has 0 spiro atoms. The summed E-state index contributed by atoms with van der Waals surface area (Å²) in [6.07, 6.45) is 4.77. The van der Waals surface area contributed by atoms with Gasteiger partial charge in [-0.1, -0.05) is 12.8 Å². The van der Waals surface area contributed by atoms with Gasteiger partial charge in [0.2, 0.25) is 0 Å². The van der Waals surface area contributed by atoms with Crippen molar-refractivity contribution >= 4 is 11.9 Å². The first kappa shape index (κ1) is 22.4. The van der Waals surface area contributed by atoms with E-state index >= 15 is 0 Å². The molecule has 1 N–H and O–H groups in total. The topological polar surface area (TPSA) is 85.3 Å². The number of fused-ring (bicyclic) bond motifs is 1. The Morgan fingerprint density at radius 2 is 1.90 bits per heavy atom. The van der Waals surface area contributed by atoms with E-state index in [1.54, 1.807) is 23.1 Å². The van der Waals surface area contributed by atoms with Crippen LogP contribution in [-0.4, -0.2) is 59.9 Å². The molecule has 1 saturated heterocycles. The Hall–Kier alpha value is -2.28. The normalized spacial score (nSPS) is 23.6. The van der Waals surface area contributed by atoms with Crippen molar-refractivity contribution in [3.8, 4) is 11.5 Å². The van der Waals surface area contributed by atoms with E-state index in [0.717, 1.165) is 25.7 Å². The molecule has 1 aromatic rings. The van der Waals surface area contributed by atoms with Gasteiger partial charge in [-0.2, -0.15) is 0 Å². The van der Waals surface area contributed by atoms with E-state index in [-0.39, 0.29) is 31.1 Å². The van der Waals surface area contributed by atoms with Crippen LogP contribution in [-0.2, 0) is 9.53 Å². The van der Waals surface area contributed by atoms with Crippen molar-refractivity contribution < 1.29 is 28.9 Å². The van der Waals surface area contributed by atoms with E-state index in [1.165, 1.54) is 7.11 Å². The lowest BCUT2D eigenvalue weighted by atomic mass is 9.84. The van der Waals surface area contributed by atoms with Gasteiger partial charge in [-0.25, -0.2) is 4.79 Å². The number of rotatable bonds is 6. The highest BCUT2D eigenvalue weighted by atomic mass is 16.6. The van der Waals surface area contributed by atoms with Crippen LogP contribution < -0.4 is 9.47 Å². The zero-order chi connectivity index (χ0) is 21.9. The number of amides is 1. The van der Waals surface area contributed by atoms with Gasteiger partial charge in [0.1, 0.15) is 18.2 Å². The lowest BCUT2D eigenvalue weighted by molar-refractivity contribution is -0.159. The fraction of sp³-hybridized carbons (Fsp3) is 0.652. The lowest BCUT2D eigenvalue weighted by Crippen LogP contribution is -2.47. The monoisotopic (exact) mass is 419 g/mol. The van der Waals surface area contributed by atoms with E-state index in [4.69, 9.17) is 19.3 Å². The zero-order valence-electron chi connectivity index (χ0n) is 18.3. The minimum Gasteiger partial charge on any atom is -0.493 e.